The molecule has 0 radical (unpaired) electrons. The number of benzene rings is 1. The summed E-state index contributed by atoms with van der Waals surface area (Å²) in [6.45, 7) is 2.20. The minimum absolute atomic E-state index is 0.559. The number of halogens is 1. The van der Waals surface area contributed by atoms with Crippen molar-refractivity contribution in [3.05, 3.63) is 28.2 Å². The average molecular weight is 288 g/mol. The summed E-state index contributed by atoms with van der Waals surface area (Å²) < 4.78 is 6.24. The van der Waals surface area contributed by atoms with Gasteiger partial charge in [-0.1, -0.05) is 15.9 Å². The molecule has 16 heavy (non-hydrogen) atoms. The topological polar surface area (TPSA) is 58.6 Å². The summed E-state index contributed by atoms with van der Waals surface area (Å²) in [6.07, 6.45) is -0.844. The predicted octanol–water partition coefficient (Wildman–Crippen LogP) is 2.02. The number of hydrogen-bond acceptors (Lipinski definition) is 3. The number of carboxylic acids is 1. The van der Waals surface area contributed by atoms with Crippen LogP contribution in [0.1, 0.15) is 12.5 Å². The Morgan fingerprint density at radius 1 is 1.62 bits per heavy atom. The summed E-state index contributed by atoms with van der Waals surface area (Å²) in [5, 5.41) is 11.8. The van der Waals surface area contributed by atoms with Crippen molar-refractivity contribution in [2.45, 2.75) is 19.6 Å². The molecule has 4 nitrogen and oxygen atoms in total. The van der Waals surface area contributed by atoms with Crippen LogP contribution in [0.4, 0.5) is 0 Å². The van der Waals surface area contributed by atoms with Crippen LogP contribution in [0.5, 0.6) is 5.75 Å². The maximum Gasteiger partial charge on any atom is 0.344 e. The summed E-state index contributed by atoms with van der Waals surface area (Å²) in [6, 6.07) is 5.40. The molecule has 1 rings (SSSR count). The van der Waals surface area contributed by atoms with Crippen LogP contribution in [-0.2, 0) is 11.3 Å². The summed E-state index contributed by atoms with van der Waals surface area (Å²) in [5.74, 6) is -0.415. The molecule has 0 spiro atoms. The Balaban J connectivity index is 2.82. The molecule has 0 amide bonds. The molecule has 1 aromatic rings. The Kier molecular flexibility index (Phi) is 4.76. The van der Waals surface area contributed by atoms with Gasteiger partial charge in [-0.2, -0.15) is 0 Å². The zero-order valence-corrected chi connectivity index (χ0v) is 10.7. The third-order valence-electron chi connectivity index (χ3n) is 2.05. The third kappa shape index (κ3) is 3.50. The van der Waals surface area contributed by atoms with E-state index in [1.54, 1.807) is 6.07 Å². The molecule has 5 heteroatoms. The minimum Gasteiger partial charge on any atom is -0.479 e. The van der Waals surface area contributed by atoms with Crippen LogP contribution in [0, 0.1) is 0 Å². The molecular formula is C11H14BrNO3. The first kappa shape index (κ1) is 13.0. The number of ether oxygens (including phenoxy) is 1. The van der Waals surface area contributed by atoms with Crippen molar-refractivity contribution in [3.8, 4) is 5.75 Å². The van der Waals surface area contributed by atoms with E-state index in [0.29, 0.717) is 12.3 Å². The highest BCUT2D eigenvalue weighted by molar-refractivity contribution is 9.10. The van der Waals surface area contributed by atoms with Gasteiger partial charge in [0.15, 0.2) is 6.10 Å². The van der Waals surface area contributed by atoms with Gasteiger partial charge in [0.05, 0.1) is 0 Å². The van der Waals surface area contributed by atoms with Gasteiger partial charge in [0, 0.05) is 11.0 Å². The second kappa shape index (κ2) is 5.86. The zero-order valence-electron chi connectivity index (χ0n) is 9.16. The first-order chi connectivity index (χ1) is 7.54. The lowest BCUT2D eigenvalue weighted by Gasteiger charge is -2.12. The van der Waals surface area contributed by atoms with E-state index in [2.05, 4.69) is 21.2 Å². The average Bonchev–Trinajstić information content (AvgIpc) is 2.23. The molecule has 0 heterocycles. The summed E-state index contributed by atoms with van der Waals surface area (Å²) in [7, 11) is 1.85. The molecule has 0 saturated heterocycles. The highest BCUT2D eigenvalue weighted by Gasteiger charge is 2.12. The number of rotatable bonds is 5. The van der Waals surface area contributed by atoms with E-state index < -0.39 is 12.1 Å². The molecule has 0 bridgehead atoms. The first-order valence-corrected chi connectivity index (χ1v) is 5.66. The maximum atomic E-state index is 10.6. The van der Waals surface area contributed by atoms with E-state index in [4.69, 9.17) is 9.84 Å². The number of aliphatic carboxylic acids is 1. The molecule has 88 valence electrons. The fourth-order valence-electron chi connectivity index (χ4n) is 1.20. The van der Waals surface area contributed by atoms with Crippen molar-refractivity contribution < 1.29 is 14.6 Å². The van der Waals surface area contributed by atoms with Crippen molar-refractivity contribution in [1.82, 2.24) is 5.32 Å². The fourth-order valence-corrected chi connectivity index (χ4v) is 1.59. The van der Waals surface area contributed by atoms with Crippen LogP contribution in [0.15, 0.2) is 22.7 Å². The predicted molar refractivity (Wildman–Crippen MR) is 64.6 cm³/mol. The fraction of sp³-hybridized carbons (Fsp3) is 0.364. The lowest BCUT2D eigenvalue weighted by atomic mass is 10.2. The van der Waals surface area contributed by atoms with Crippen molar-refractivity contribution in [3.63, 3.8) is 0 Å². The lowest BCUT2D eigenvalue weighted by Crippen LogP contribution is -2.23. The maximum absolute atomic E-state index is 10.6. The number of nitrogens with one attached hydrogen (secondary N) is 1. The normalized spacial score (nSPS) is 12.2. The van der Waals surface area contributed by atoms with E-state index in [1.807, 2.05) is 19.2 Å². The number of hydrogen-bond donors (Lipinski definition) is 2. The first-order valence-electron chi connectivity index (χ1n) is 4.87. The van der Waals surface area contributed by atoms with E-state index in [0.717, 1.165) is 10.0 Å². The van der Waals surface area contributed by atoms with E-state index in [-0.39, 0.29) is 0 Å². The van der Waals surface area contributed by atoms with Gasteiger partial charge in [0.2, 0.25) is 0 Å². The molecule has 1 aromatic carbocycles. The standard InChI is InChI=1S/C11H14BrNO3/c1-7(11(14)15)16-9-3-4-10(12)8(5-9)6-13-2/h3-5,7,13H,6H2,1-2H3,(H,14,15). The molecule has 1 unspecified atom stereocenters. The van der Waals surface area contributed by atoms with Crippen LogP contribution < -0.4 is 10.1 Å². The molecule has 1 atom stereocenters. The minimum atomic E-state index is -0.974. The molecule has 0 saturated carbocycles. The van der Waals surface area contributed by atoms with Crippen molar-refractivity contribution in [1.29, 1.82) is 0 Å². The SMILES string of the molecule is CNCc1cc(OC(C)C(=O)O)ccc1Br. The molecule has 0 aliphatic heterocycles. The van der Waals surface area contributed by atoms with Crippen LogP contribution >= 0.6 is 15.9 Å². The monoisotopic (exact) mass is 287 g/mol. The van der Waals surface area contributed by atoms with Gasteiger partial charge < -0.3 is 15.2 Å². The van der Waals surface area contributed by atoms with Gasteiger partial charge in [0.1, 0.15) is 5.75 Å². The highest BCUT2D eigenvalue weighted by Crippen LogP contribution is 2.23. The molecule has 0 aliphatic rings. The Morgan fingerprint density at radius 2 is 2.31 bits per heavy atom. The Bertz CT molecular complexity index is 381. The van der Waals surface area contributed by atoms with Gasteiger partial charge in [-0.3, -0.25) is 0 Å². The zero-order chi connectivity index (χ0) is 12.1. The number of carboxylic acid groups (broad SMARTS) is 1. The van der Waals surface area contributed by atoms with Crippen LogP contribution in [0.25, 0.3) is 0 Å². The second-order valence-corrected chi connectivity index (χ2v) is 4.24. The Hall–Kier alpha value is -1.07. The van der Waals surface area contributed by atoms with E-state index in [9.17, 15) is 4.79 Å². The third-order valence-corrected chi connectivity index (χ3v) is 2.82. The lowest BCUT2D eigenvalue weighted by molar-refractivity contribution is -0.144. The summed E-state index contributed by atoms with van der Waals surface area (Å²) in [4.78, 5) is 10.6. The largest absolute Gasteiger partial charge is 0.479 e. The highest BCUT2D eigenvalue weighted by atomic mass is 79.9. The van der Waals surface area contributed by atoms with Crippen molar-refractivity contribution in [2.75, 3.05) is 7.05 Å². The van der Waals surface area contributed by atoms with Crippen LogP contribution in [-0.4, -0.2) is 24.2 Å². The van der Waals surface area contributed by atoms with Crippen molar-refractivity contribution in [2.24, 2.45) is 0 Å². The smallest absolute Gasteiger partial charge is 0.344 e. The Labute approximate surface area is 103 Å². The van der Waals surface area contributed by atoms with E-state index in [1.165, 1.54) is 6.92 Å². The summed E-state index contributed by atoms with van der Waals surface area (Å²) >= 11 is 3.41. The molecule has 0 aliphatic carbocycles. The molecule has 0 fully saturated rings. The molecular weight excluding hydrogens is 274 g/mol. The van der Waals surface area contributed by atoms with Gasteiger partial charge in [-0.15, -0.1) is 0 Å². The van der Waals surface area contributed by atoms with Gasteiger partial charge in [-0.05, 0) is 37.7 Å². The van der Waals surface area contributed by atoms with E-state index >= 15 is 0 Å². The Morgan fingerprint density at radius 3 is 2.88 bits per heavy atom. The van der Waals surface area contributed by atoms with Gasteiger partial charge in [-0.25, -0.2) is 4.79 Å². The number of carbonyl (C=O) groups is 1. The molecule has 2 N–H and O–H groups in total. The second-order valence-electron chi connectivity index (χ2n) is 3.38. The quantitative estimate of drug-likeness (QED) is 0.870. The van der Waals surface area contributed by atoms with Gasteiger partial charge in [0.25, 0.3) is 0 Å². The van der Waals surface area contributed by atoms with Gasteiger partial charge >= 0.3 is 5.97 Å². The van der Waals surface area contributed by atoms with Crippen LogP contribution in [0.3, 0.4) is 0 Å². The van der Waals surface area contributed by atoms with Crippen molar-refractivity contribution >= 4 is 21.9 Å². The molecule has 0 aromatic heterocycles. The summed E-state index contributed by atoms with van der Waals surface area (Å²) in [5.41, 5.74) is 1.03. The van der Waals surface area contributed by atoms with Crippen LogP contribution in [0.2, 0.25) is 0 Å².